The van der Waals surface area contributed by atoms with E-state index in [1.54, 1.807) is 0 Å². The number of unbranched alkanes of at least 4 members (excludes halogenated alkanes) is 4. The van der Waals surface area contributed by atoms with Gasteiger partial charge in [-0.25, -0.2) is 4.79 Å². The maximum Gasteiger partial charge on any atom is 0.366 e. The van der Waals surface area contributed by atoms with E-state index >= 15 is 0 Å². The molecule has 27 heavy (non-hydrogen) atoms. The Morgan fingerprint density at radius 3 is 2.52 bits per heavy atom. The molecule has 5 heteroatoms. The Balaban J connectivity index is 2.42. The Bertz CT molecular complexity index is 473. The van der Waals surface area contributed by atoms with Crippen LogP contribution in [0.4, 0.5) is 4.39 Å². The number of ether oxygens (including phenoxy) is 1. The van der Waals surface area contributed by atoms with E-state index in [9.17, 15) is 19.4 Å². The van der Waals surface area contributed by atoms with Crippen LogP contribution in [0.1, 0.15) is 71.1 Å². The van der Waals surface area contributed by atoms with Crippen LogP contribution >= 0.6 is 0 Å². The van der Waals surface area contributed by atoms with Crippen molar-refractivity contribution in [1.29, 1.82) is 0 Å². The average Bonchev–Trinajstić information content (AvgIpc) is 3.05. The SMILES string of the molecule is CCCCCCC=C[C@H]1[C@H](CF)CC[C@@H]1CC=CCCC(O)(O)C(=O)OC. The summed E-state index contributed by atoms with van der Waals surface area (Å²) in [5.41, 5.74) is 0. The standard InChI is InChI=1S/C22H37FO4/c1-3-4-5-6-7-10-13-20-18(14-15-19(20)17-23)12-9-8-11-16-22(25,26)21(24)27-2/h8-10,13,18-20,25-26H,3-7,11-12,14-17H2,1-2H3/t18-,19-,20+/m0/s1. The van der Waals surface area contributed by atoms with Crippen molar-refractivity contribution >= 4 is 5.97 Å². The first-order valence-electron chi connectivity index (χ1n) is 10.4. The van der Waals surface area contributed by atoms with Gasteiger partial charge >= 0.3 is 5.97 Å². The van der Waals surface area contributed by atoms with Gasteiger partial charge in [0.1, 0.15) is 0 Å². The number of hydrogen-bond acceptors (Lipinski definition) is 4. The third kappa shape index (κ3) is 8.56. The first kappa shape index (κ1) is 23.8. The van der Waals surface area contributed by atoms with Gasteiger partial charge in [0.2, 0.25) is 0 Å². The van der Waals surface area contributed by atoms with Gasteiger partial charge in [-0.1, -0.05) is 50.5 Å². The Kier molecular flexibility index (Phi) is 11.5. The molecule has 1 saturated carbocycles. The molecule has 2 N–H and O–H groups in total. The number of rotatable bonds is 13. The van der Waals surface area contributed by atoms with E-state index in [4.69, 9.17) is 0 Å². The molecule has 0 spiro atoms. The quantitative estimate of drug-likeness (QED) is 0.209. The van der Waals surface area contributed by atoms with E-state index in [-0.39, 0.29) is 24.9 Å². The van der Waals surface area contributed by atoms with E-state index in [1.807, 2.05) is 12.2 Å². The number of halogens is 1. The van der Waals surface area contributed by atoms with Crippen LogP contribution in [0.25, 0.3) is 0 Å². The topological polar surface area (TPSA) is 66.8 Å². The molecule has 0 heterocycles. The normalized spacial score (nSPS) is 23.5. The second kappa shape index (κ2) is 13.1. The average molecular weight is 385 g/mol. The summed E-state index contributed by atoms with van der Waals surface area (Å²) >= 11 is 0. The highest BCUT2D eigenvalue weighted by molar-refractivity contribution is 5.76. The van der Waals surface area contributed by atoms with Crippen molar-refractivity contribution in [3.8, 4) is 0 Å². The maximum absolute atomic E-state index is 13.3. The summed E-state index contributed by atoms with van der Waals surface area (Å²) in [5, 5.41) is 19.1. The summed E-state index contributed by atoms with van der Waals surface area (Å²) in [5.74, 6) is -2.63. The van der Waals surface area contributed by atoms with Crippen molar-refractivity contribution in [2.45, 2.75) is 76.9 Å². The third-order valence-electron chi connectivity index (χ3n) is 5.56. The molecule has 0 aliphatic heterocycles. The zero-order valence-corrected chi connectivity index (χ0v) is 16.9. The summed E-state index contributed by atoms with van der Waals surface area (Å²) in [6, 6.07) is 0. The molecule has 0 radical (unpaired) electrons. The predicted octanol–water partition coefficient (Wildman–Crippen LogP) is 4.71. The van der Waals surface area contributed by atoms with Crippen LogP contribution in [0.2, 0.25) is 0 Å². The van der Waals surface area contributed by atoms with Crippen LogP contribution in [0, 0.1) is 17.8 Å². The third-order valence-corrected chi connectivity index (χ3v) is 5.56. The molecule has 1 fully saturated rings. The fourth-order valence-corrected chi connectivity index (χ4v) is 3.85. The van der Waals surface area contributed by atoms with E-state index in [0.29, 0.717) is 12.3 Å². The molecule has 0 amide bonds. The van der Waals surface area contributed by atoms with Gasteiger partial charge in [0.05, 0.1) is 13.8 Å². The maximum atomic E-state index is 13.3. The fraction of sp³-hybridized carbons (Fsp3) is 0.773. The number of methoxy groups -OCH3 is 1. The van der Waals surface area contributed by atoms with E-state index < -0.39 is 11.8 Å². The highest BCUT2D eigenvalue weighted by atomic mass is 19.1. The molecule has 0 aromatic rings. The summed E-state index contributed by atoms with van der Waals surface area (Å²) in [6.45, 7) is 1.94. The first-order chi connectivity index (χ1) is 13.0. The molecule has 0 unspecified atom stereocenters. The second-order valence-corrected chi connectivity index (χ2v) is 7.66. The lowest BCUT2D eigenvalue weighted by Crippen LogP contribution is -2.39. The van der Waals surface area contributed by atoms with Crippen molar-refractivity contribution in [3.63, 3.8) is 0 Å². The minimum absolute atomic E-state index is 0.102. The summed E-state index contributed by atoms with van der Waals surface area (Å²) in [6.07, 6.45) is 17.4. The van der Waals surface area contributed by atoms with Gasteiger partial charge in [-0.3, -0.25) is 4.39 Å². The molecule has 0 aromatic carbocycles. The van der Waals surface area contributed by atoms with Gasteiger partial charge in [-0.2, -0.15) is 0 Å². The highest BCUT2D eigenvalue weighted by Gasteiger charge is 2.34. The number of carbonyl (C=O) groups is 1. The lowest BCUT2D eigenvalue weighted by molar-refractivity contribution is -0.208. The lowest BCUT2D eigenvalue weighted by atomic mass is 9.87. The zero-order chi connectivity index (χ0) is 20.1. The molecule has 1 aliphatic rings. The summed E-state index contributed by atoms with van der Waals surface area (Å²) in [7, 11) is 1.12. The molecule has 0 aromatic heterocycles. The Morgan fingerprint density at radius 2 is 1.85 bits per heavy atom. The molecular weight excluding hydrogens is 347 g/mol. The minimum atomic E-state index is -2.44. The van der Waals surface area contributed by atoms with Crippen LogP contribution in [-0.2, 0) is 9.53 Å². The van der Waals surface area contributed by atoms with Crippen LogP contribution in [-0.4, -0.2) is 35.8 Å². The number of allylic oxidation sites excluding steroid dienone is 4. The summed E-state index contributed by atoms with van der Waals surface area (Å²) in [4.78, 5) is 11.2. The molecule has 0 bridgehead atoms. The molecule has 156 valence electrons. The van der Waals surface area contributed by atoms with Crippen LogP contribution < -0.4 is 0 Å². The Hall–Kier alpha value is -1.20. The zero-order valence-electron chi connectivity index (χ0n) is 16.9. The van der Waals surface area contributed by atoms with Crippen molar-refractivity contribution in [1.82, 2.24) is 0 Å². The number of aliphatic hydroxyl groups is 2. The number of hydrogen-bond donors (Lipinski definition) is 2. The Morgan fingerprint density at radius 1 is 1.11 bits per heavy atom. The van der Waals surface area contributed by atoms with Gasteiger partial charge in [0, 0.05) is 6.42 Å². The van der Waals surface area contributed by atoms with E-state index in [2.05, 4.69) is 23.8 Å². The van der Waals surface area contributed by atoms with Crippen LogP contribution in [0.15, 0.2) is 24.3 Å². The number of alkyl halides is 1. The molecular formula is C22H37FO4. The van der Waals surface area contributed by atoms with Gasteiger partial charge < -0.3 is 14.9 Å². The van der Waals surface area contributed by atoms with Gasteiger partial charge in [0.15, 0.2) is 0 Å². The first-order valence-corrected chi connectivity index (χ1v) is 10.4. The second-order valence-electron chi connectivity index (χ2n) is 7.66. The van der Waals surface area contributed by atoms with Crippen molar-refractivity contribution in [3.05, 3.63) is 24.3 Å². The molecule has 3 atom stereocenters. The van der Waals surface area contributed by atoms with Crippen molar-refractivity contribution in [2.24, 2.45) is 17.8 Å². The lowest BCUT2D eigenvalue weighted by Gasteiger charge is -2.19. The van der Waals surface area contributed by atoms with E-state index in [1.165, 1.54) is 25.7 Å². The molecule has 1 aliphatic carbocycles. The molecule has 1 rings (SSSR count). The number of carbonyl (C=O) groups excluding carboxylic acids is 1. The van der Waals surface area contributed by atoms with Crippen molar-refractivity contribution in [2.75, 3.05) is 13.8 Å². The van der Waals surface area contributed by atoms with Gasteiger partial charge in [-0.05, 0) is 56.3 Å². The van der Waals surface area contributed by atoms with E-state index in [0.717, 1.165) is 32.8 Å². The Labute approximate surface area is 163 Å². The largest absolute Gasteiger partial charge is 0.465 e. The highest BCUT2D eigenvalue weighted by Crippen LogP contribution is 2.40. The van der Waals surface area contributed by atoms with Gasteiger partial charge in [0.25, 0.3) is 5.79 Å². The van der Waals surface area contributed by atoms with Crippen LogP contribution in [0.5, 0.6) is 0 Å². The smallest absolute Gasteiger partial charge is 0.366 e. The molecule has 4 nitrogen and oxygen atoms in total. The number of esters is 1. The molecule has 0 saturated heterocycles. The monoisotopic (exact) mass is 384 g/mol. The van der Waals surface area contributed by atoms with Crippen molar-refractivity contribution < 1.29 is 24.1 Å². The van der Waals surface area contributed by atoms with Crippen LogP contribution in [0.3, 0.4) is 0 Å². The van der Waals surface area contributed by atoms with Gasteiger partial charge in [-0.15, -0.1) is 0 Å². The fourth-order valence-electron chi connectivity index (χ4n) is 3.85. The predicted molar refractivity (Wildman–Crippen MR) is 106 cm³/mol. The summed E-state index contributed by atoms with van der Waals surface area (Å²) < 4.78 is 17.7. The minimum Gasteiger partial charge on any atom is -0.465 e.